The van der Waals surface area contributed by atoms with Crippen molar-refractivity contribution >= 4 is 10.0 Å². The van der Waals surface area contributed by atoms with E-state index in [0.29, 0.717) is 18.8 Å². The Kier molecular flexibility index (Phi) is 4.98. The third kappa shape index (κ3) is 4.23. The minimum atomic E-state index is -3.50. The lowest BCUT2D eigenvalue weighted by Crippen LogP contribution is -2.43. The van der Waals surface area contributed by atoms with Crippen LogP contribution in [0.3, 0.4) is 0 Å². The standard InChI is InChI=1S/C14H24N4O2S/c1-14(5-7-18(2)8-6-14)11-17-21(19,20)13-4-3-12(9-15)16-10-13/h3-4,10,17H,5-9,11,15H2,1-2H3. The largest absolute Gasteiger partial charge is 0.325 e. The predicted molar refractivity (Wildman–Crippen MR) is 82.2 cm³/mol. The Hall–Kier alpha value is -1.02. The van der Waals surface area contributed by atoms with E-state index in [4.69, 9.17) is 5.73 Å². The van der Waals surface area contributed by atoms with Crippen molar-refractivity contribution in [2.75, 3.05) is 26.7 Å². The average Bonchev–Trinajstić information content (AvgIpc) is 2.49. The summed E-state index contributed by atoms with van der Waals surface area (Å²) in [6.07, 6.45) is 3.36. The van der Waals surface area contributed by atoms with Crippen LogP contribution in [0.2, 0.25) is 0 Å². The minimum absolute atomic E-state index is 0.0181. The molecule has 1 fully saturated rings. The molecule has 1 aliphatic heterocycles. The molecule has 2 heterocycles. The Morgan fingerprint density at radius 1 is 1.38 bits per heavy atom. The van der Waals surface area contributed by atoms with E-state index in [2.05, 4.69) is 28.6 Å². The summed E-state index contributed by atoms with van der Waals surface area (Å²) in [6, 6.07) is 3.19. The van der Waals surface area contributed by atoms with Crippen LogP contribution < -0.4 is 10.5 Å². The molecule has 21 heavy (non-hydrogen) atoms. The van der Waals surface area contributed by atoms with Crippen LogP contribution >= 0.6 is 0 Å². The number of piperidine rings is 1. The van der Waals surface area contributed by atoms with Gasteiger partial charge in [0.05, 0.1) is 5.69 Å². The fourth-order valence-corrected chi connectivity index (χ4v) is 3.52. The van der Waals surface area contributed by atoms with E-state index in [0.717, 1.165) is 25.9 Å². The number of nitrogens with zero attached hydrogens (tertiary/aromatic N) is 2. The second kappa shape index (κ2) is 6.39. The number of aromatic nitrogens is 1. The van der Waals surface area contributed by atoms with Crippen LogP contribution in [0.1, 0.15) is 25.5 Å². The molecular weight excluding hydrogens is 288 g/mol. The molecule has 0 spiro atoms. The van der Waals surface area contributed by atoms with Gasteiger partial charge in [0.25, 0.3) is 0 Å². The number of nitrogens with two attached hydrogens (primary N) is 1. The Morgan fingerprint density at radius 3 is 2.57 bits per heavy atom. The van der Waals surface area contributed by atoms with Crippen LogP contribution in [0.5, 0.6) is 0 Å². The van der Waals surface area contributed by atoms with Gasteiger partial charge in [-0.15, -0.1) is 0 Å². The number of nitrogens with one attached hydrogen (secondary N) is 1. The van der Waals surface area contributed by atoms with E-state index in [-0.39, 0.29) is 10.3 Å². The normalized spacial score (nSPS) is 19.6. The summed E-state index contributed by atoms with van der Waals surface area (Å²) in [5, 5.41) is 0. The van der Waals surface area contributed by atoms with E-state index >= 15 is 0 Å². The average molecular weight is 312 g/mol. The van der Waals surface area contributed by atoms with Gasteiger partial charge in [-0.1, -0.05) is 6.92 Å². The Balaban J connectivity index is 2.00. The lowest BCUT2D eigenvalue weighted by Gasteiger charge is -2.37. The summed E-state index contributed by atoms with van der Waals surface area (Å²) in [4.78, 5) is 6.50. The second-order valence-corrected chi connectivity index (χ2v) is 7.89. The molecule has 7 heteroatoms. The van der Waals surface area contributed by atoms with Gasteiger partial charge >= 0.3 is 0 Å². The Bertz CT molecular complexity index is 563. The van der Waals surface area contributed by atoms with Gasteiger partial charge < -0.3 is 10.6 Å². The summed E-state index contributed by atoms with van der Waals surface area (Å²) in [7, 11) is -1.41. The molecule has 1 aliphatic rings. The summed E-state index contributed by atoms with van der Waals surface area (Å²) in [6.45, 7) is 4.91. The van der Waals surface area contributed by atoms with Crippen molar-refractivity contribution in [3.8, 4) is 0 Å². The van der Waals surface area contributed by atoms with Crippen LogP contribution in [0.25, 0.3) is 0 Å². The zero-order valence-electron chi connectivity index (χ0n) is 12.7. The lowest BCUT2D eigenvalue weighted by molar-refractivity contribution is 0.143. The maximum absolute atomic E-state index is 12.3. The highest BCUT2D eigenvalue weighted by Gasteiger charge is 2.30. The summed E-state index contributed by atoms with van der Waals surface area (Å²) < 4.78 is 27.3. The highest BCUT2D eigenvalue weighted by molar-refractivity contribution is 7.89. The molecule has 0 amide bonds. The first kappa shape index (κ1) is 16.4. The van der Waals surface area contributed by atoms with E-state index in [1.807, 2.05) is 0 Å². The fraction of sp³-hybridized carbons (Fsp3) is 0.643. The van der Waals surface area contributed by atoms with Gasteiger partial charge in [-0.25, -0.2) is 13.1 Å². The topological polar surface area (TPSA) is 88.3 Å². The zero-order valence-corrected chi connectivity index (χ0v) is 13.5. The van der Waals surface area contributed by atoms with Gasteiger partial charge in [0, 0.05) is 19.3 Å². The molecule has 0 bridgehead atoms. The first-order valence-corrected chi connectivity index (χ1v) is 8.66. The van der Waals surface area contributed by atoms with Crippen LogP contribution in [-0.2, 0) is 16.6 Å². The third-order valence-corrected chi connectivity index (χ3v) is 5.59. The maximum Gasteiger partial charge on any atom is 0.242 e. The number of hydrogen-bond donors (Lipinski definition) is 2. The molecule has 118 valence electrons. The number of rotatable bonds is 5. The molecule has 0 radical (unpaired) electrons. The second-order valence-electron chi connectivity index (χ2n) is 6.13. The summed E-state index contributed by atoms with van der Waals surface area (Å²) in [5.74, 6) is 0. The first-order chi connectivity index (χ1) is 9.85. The molecule has 3 N–H and O–H groups in total. The van der Waals surface area contributed by atoms with Crippen LogP contribution in [0, 0.1) is 5.41 Å². The molecule has 1 aromatic heterocycles. The maximum atomic E-state index is 12.3. The molecule has 6 nitrogen and oxygen atoms in total. The molecule has 0 aromatic carbocycles. The van der Waals surface area contributed by atoms with Gasteiger partial charge in [0.2, 0.25) is 10.0 Å². The number of hydrogen-bond acceptors (Lipinski definition) is 5. The Labute approximate surface area is 126 Å². The SMILES string of the molecule is CN1CCC(C)(CNS(=O)(=O)c2ccc(CN)nc2)CC1. The highest BCUT2D eigenvalue weighted by atomic mass is 32.2. The number of pyridine rings is 1. The molecule has 1 aromatic rings. The predicted octanol–water partition coefficient (Wildman–Crippen LogP) is 0.551. The van der Waals surface area contributed by atoms with Crippen LogP contribution in [0.4, 0.5) is 0 Å². The van der Waals surface area contributed by atoms with Crippen LogP contribution in [0.15, 0.2) is 23.2 Å². The highest BCUT2D eigenvalue weighted by Crippen LogP contribution is 2.29. The number of likely N-dealkylation sites (tertiary alicyclic amines) is 1. The molecule has 0 unspecified atom stereocenters. The van der Waals surface area contributed by atoms with Gasteiger partial charge in [-0.05, 0) is 50.5 Å². The first-order valence-electron chi connectivity index (χ1n) is 7.18. The lowest BCUT2D eigenvalue weighted by atomic mass is 9.81. The zero-order chi connectivity index (χ0) is 15.5. The number of sulfonamides is 1. The van der Waals surface area contributed by atoms with E-state index in [9.17, 15) is 8.42 Å². The summed E-state index contributed by atoms with van der Waals surface area (Å²) in [5.41, 5.74) is 6.16. The molecule has 0 saturated carbocycles. The molecule has 0 atom stereocenters. The van der Waals surface area contributed by atoms with Crippen molar-refractivity contribution < 1.29 is 8.42 Å². The van der Waals surface area contributed by atoms with Crippen molar-refractivity contribution in [2.24, 2.45) is 11.1 Å². The quantitative estimate of drug-likeness (QED) is 0.829. The van der Waals surface area contributed by atoms with Gasteiger partial charge in [-0.2, -0.15) is 0 Å². The molecule has 2 rings (SSSR count). The van der Waals surface area contributed by atoms with Crippen LogP contribution in [-0.4, -0.2) is 45.0 Å². The fourth-order valence-electron chi connectivity index (χ4n) is 2.38. The van der Waals surface area contributed by atoms with Gasteiger partial charge in [-0.3, -0.25) is 4.98 Å². The molecule has 1 saturated heterocycles. The smallest absolute Gasteiger partial charge is 0.242 e. The van der Waals surface area contributed by atoms with Gasteiger partial charge in [0.15, 0.2) is 0 Å². The monoisotopic (exact) mass is 312 g/mol. The van der Waals surface area contributed by atoms with Crippen molar-refractivity contribution in [1.82, 2.24) is 14.6 Å². The molecular formula is C14H24N4O2S. The van der Waals surface area contributed by atoms with Crippen molar-refractivity contribution in [1.29, 1.82) is 0 Å². The third-order valence-electron chi connectivity index (χ3n) is 4.20. The minimum Gasteiger partial charge on any atom is -0.325 e. The molecule has 0 aliphatic carbocycles. The van der Waals surface area contributed by atoms with Gasteiger partial charge in [0.1, 0.15) is 4.90 Å². The van der Waals surface area contributed by atoms with E-state index in [1.165, 1.54) is 6.20 Å². The Morgan fingerprint density at radius 2 is 2.05 bits per heavy atom. The van der Waals surface area contributed by atoms with E-state index in [1.54, 1.807) is 12.1 Å². The van der Waals surface area contributed by atoms with Crippen molar-refractivity contribution in [3.05, 3.63) is 24.0 Å². The van der Waals surface area contributed by atoms with E-state index < -0.39 is 10.0 Å². The summed E-state index contributed by atoms with van der Waals surface area (Å²) >= 11 is 0. The van der Waals surface area contributed by atoms with Crippen molar-refractivity contribution in [2.45, 2.75) is 31.2 Å². The van der Waals surface area contributed by atoms with Crippen molar-refractivity contribution in [3.63, 3.8) is 0 Å².